The first kappa shape index (κ1) is 22.6. The van der Waals surface area contributed by atoms with E-state index in [0.29, 0.717) is 0 Å². The standard InChI is InChI=1S/C31H29BNP/c1-22-20-23(2)31(24(3)21-22)32(33)28-18-10-12-25-13-11-19-29(30(25)28)34(26-14-6-4-7-15-26)27-16-8-5-9-17-27/h4-21H,33H2,1-3H3. The van der Waals surface area contributed by atoms with E-state index in [2.05, 4.69) is 130 Å². The topological polar surface area (TPSA) is 26.0 Å². The molecule has 0 unspecified atom stereocenters. The molecule has 0 spiro atoms. The van der Waals surface area contributed by atoms with Crippen molar-refractivity contribution in [3.8, 4) is 0 Å². The van der Waals surface area contributed by atoms with Gasteiger partial charge in [0.15, 0.2) is 0 Å². The molecular weight excluding hydrogens is 428 g/mol. The number of nitrogens with two attached hydrogens (primary N) is 1. The highest BCUT2D eigenvalue weighted by atomic mass is 31.1. The normalized spacial score (nSPS) is 11.2. The van der Waals surface area contributed by atoms with Crippen LogP contribution in [0.25, 0.3) is 10.8 Å². The van der Waals surface area contributed by atoms with Crippen molar-refractivity contribution < 1.29 is 0 Å². The predicted octanol–water partition coefficient (Wildman–Crippen LogP) is 4.59. The zero-order valence-corrected chi connectivity index (χ0v) is 20.9. The van der Waals surface area contributed by atoms with Crippen molar-refractivity contribution in [3.05, 3.63) is 126 Å². The molecule has 166 valence electrons. The molecule has 5 aromatic carbocycles. The molecule has 0 heterocycles. The van der Waals surface area contributed by atoms with Gasteiger partial charge in [-0.25, -0.2) is 0 Å². The van der Waals surface area contributed by atoms with E-state index in [4.69, 9.17) is 5.64 Å². The highest BCUT2D eigenvalue weighted by Gasteiger charge is 2.25. The molecule has 5 rings (SSSR count). The molecule has 5 aromatic rings. The van der Waals surface area contributed by atoms with Gasteiger partial charge in [0.25, 0.3) is 6.85 Å². The number of benzene rings is 5. The monoisotopic (exact) mass is 457 g/mol. The lowest BCUT2D eigenvalue weighted by Gasteiger charge is -2.24. The first-order valence-electron chi connectivity index (χ1n) is 11.8. The van der Waals surface area contributed by atoms with Gasteiger partial charge in [0.1, 0.15) is 0 Å². The van der Waals surface area contributed by atoms with E-state index < -0.39 is 7.92 Å². The third-order valence-electron chi connectivity index (χ3n) is 6.57. The van der Waals surface area contributed by atoms with E-state index in [1.54, 1.807) is 0 Å². The van der Waals surface area contributed by atoms with Crippen LogP contribution in [0.1, 0.15) is 16.7 Å². The van der Waals surface area contributed by atoms with Crippen LogP contribution in [0, 0.1) is 20.8 Å². The summed E-state index contributed by atoms with van der Waals surface area (Å²) in [5.74, 6) is 0. The summed E-state index contributed by atoms with van der Waals surface area (Å²) >= 11 is 0. The van der Waals surface area contributed by atoms with Crippen molar-refractivity contribution in [1.29, 1.82) is 0 Å². The fourth-order valence-corrected chi connectivity index (χ4v) is 7.73. The highest BCUT2D eigenvalue weighted by molar-refractivity contribution is 7.80. The predicted molar refractivity (Wildman–Crippen MR) is 153 cm³/mol. The Hall–Kier alpha value is -3.19. The zero-order valence-electron chi connectivity index (χ0n) is 20.0. The zero-order chi connectivity index (χ0) is 23.7. The minimum atomic E-state index is -0.732. The Morgan fingerprint density at radius 3 is 1.71 bits per heavy atom. The van der Waals surface area contributed by atoms with Crippen LogP contribution in [0.4, 0.5) is 0 Å². The average Bonchev–Trinajstić information content (AvgIpc) is 2.84. The van der Waals surface area contributed by atoms with Crippen molar-refractivity contribution in [2.24, 2.45) is 5.64 Å². The first-order chi connectivity index (χ1) is 16.5. The fraction of sp³-hybridized carbons (Fsp3) is 0.0968. The van der Waals surface area contributed by atoms with Gasteiger partial charge in [0.2, 0.25) is 0 Å². The maximum absolute atomic E-state index is 7.09. The molecule has 0 aromatic heterocycles. The van der Waals surface area contributed by atoms with Gasteiger partial charge < -0.3 is 5.64 Å². The van der Waals surface area contributed by atoms with E-state index >= 15 is 0 Å². The Morgan fingerprint density at radius 2 is 1.15 bits per heavy atom. The Kier molecular flexibility index (Phi) is 6.37. The van der Waals surface area contributed by atoms with Crippen molar-refractivity contribution in [2.45, 2.75) is 20.8 Å². The first-order valence-corrected chi connectivity index (χ1v) is 13.1. The molecule has 1 nitrogen and oxygen atoms in total. The average molecular weight is 457 g/mol. The van der Waals surface area contributed by atoms with E-state index in [-0.39, 0.29) is 6.85 Å². The summed E-state index contributed by atoms with van der Waals surface area (Å²) in [4.78, 5) is 0. The molecule has 3 heteroatoms. The lowest BCUT2D eigenvalue weighted by Crippen LogP contribution is -2.53. The van der Waals surface area contributed by atoms with Crippen LogP contribution in [0.2, 0.25) is 0 Å². The van der Waals surface area contributed by atoms with Gasteiger partial charge in [-0.15, -0.1) is 0 Å². The molecule has 0 saturated heterocycles. The number of hydrogen-bond acceptors (Lipinski definition) is 1. The van der Waals surface area contributed by atoms with Crippen LogP contribution in [0.15, 0.2) is 109 Å². The quantitative estimate of drug-likeness (QED) is 0.303. The molecule has 0 radical (unpaired) electrons. The van der Waals surface area contributed by atoms with Gasteiger partial charge >= 0.3 is 0 Å². The Balaban J connectivity index is 1.78. The summed E-state index contributed by atoms with van der Waals surface area (Å²) in [7, 11) is -0.732. The van der Waals surface area contributed by atoms with Crippen LogP contribution >= 0.6 is 7.92 Å². The van der Waals surface area contributed by atoms with Crippen LogP contribution in [-0.2, 0) is 0 Å². The summed E-state index contributed by atoms with van der Waals surface area (Å²) in [5, 5.41) is 6.59. The van der Waals surface area contributed by atoms with Gasteiger partial charge in [-0.1, -0.05) is 131 Å². The van der Waals surface area contributed by atoms with Crippen LogP contribution < -0.4 is 32.5 Å². The van der Waals surface area contributed by atoms with Crippen LogP contribution in [0.3, 0.4) is 0 Å². The van der Waals surface area contributed by atoms with E-state index in [1.165, 1.54) is 54.3 Å². The number of hydrogen-bond donors (Lipinski definition) is 1. The molecule has 0 amide bonds. The van der Waals surface area contributed by atoms with Gasteiger partial charge in [0, 0.05) is 0 Å². The summed E-state index contributed by atoms with van der Waals surface area (Å²) in [6.07, 6.45) is 0. The van der Waals surface area contributed by atoms with Crippen LogP contribution in [-0.4, -0.2) is 6.85 Å². The highest BCUT2D eigenvalue weighted by Crippen LogP contribution is 2.35. The van der Waals surface area contributed by atoms with Crippen molar-refractivity contribution in [2.75, 3.05) is 0 Å². The second kappa shape index (κ2) is 9.59. The Labute approximate surface area is 204 Å². The fourth-order valence-electron chi connectivity index (χ4n) is 5.21. The van der Waals surface area contributed by atoms with E-state index in [1.807, 2.05) is 0 Å². The Morgan fingerprint density at radius 1 is 0.618 bits per heavy atom. The molecular formula is C31H29BNP. The molecule has 0 bridgehead atoms. The molecule has 0 fully saturated rings. The van der Waals surface area contributed by atoms with E-state index in [9.17, 15) is 0 Å². The van der Waals surface area contributed by atoms with E-state index in [0.717, 1.165) is 0 Å². The molecule has 0 atom stereocenters. The Bertz CT molecular complexity index is 1380. The number of rotatable bonds is 5. The largest absolute Gasteiger partial charge is 0.362 e. The summed E-state index contributed by atoms with van der Waals surface area (Å²) in [6.45, 7) is 6.33. The SMILES string of the molecule is Cc1cc(C)c(B(N)c2cccc3cccc(P(c4ccccc4)c4ccccc4)c23)c(C)c1. The van der Waals surface area contributed by atoms with Crippen molar-refractivity contribution in [1.82, 2.24) is 0 Å². The number of fused-ring (bicyclic) bond motifs is 1. The summed E-state index contributed by atoms with van der Waals surface area (Å²) < 4.78 is 0. The number of aryl methyl sites for hydroxylation is 3. The lowest BCUT2D eigenvalue weighted by molar-refractivity contribution is 1.35. The van der Waals surface area contributed by atoms with Gasteiger partial charge in [-0.3, -0.25) is 0 Å². The lowest BCUT2D eigenvalue weighted by atomic mass is 9.49. The molecule has 2 N–H and O–H groups in total. The minimum Gasteiger partial charge on any atom is -0.362 e. The summed E-state index contributed by atoms with van der Waals surface area (Å²) in [5.41, 5.74) is 13.3. The molecule has 0 aliphatic rings. The smallest absolute Gasteiger partial charge is 0.287 e. The van der Waals surface area contributed by atoms with Gasteiger partial charge in [-0.05, 0) is 60.8 Å². The van der Waals surface area contributed by atoms with Crippen molar-refractivity contribution in [3.63, 3.8) is 0 Å². The van der Waals surface area contributed by atoms with Crippen LogP contribution in [0.5, 0.6) is 0 Å². The summed E-state index contributed by atoms with van der Waals surface area (Å²) in [6, 6.07) is 39.6. The minimum absolute atomic E-state index is 0.186. The van der Waals surface area contributed by atoms with Crippen molar-refractivity contribution >= 4 is 52.4 Å². The second-order valence-corrected chi connectivity index (χ2v) is 11.2. The third kappa shape index (κ3) is 4.20. The molecule has 0 aliphatic carbocycles. The molecule has 0 aliphatic heterocycles. The molecule has 34 heavy (non-hydrogen) atoms. The maximum Gasteiger partial charge on any atom is 0.287 e. The van der Waals surface area contributed by atoms with Gasteiger partial charge in [0.05, 0.1) is 0 Å². The third-order valence-corrected chi connectivity index (χ3v) is 9.05. The maximum atomic E-state index is 7.09. The van der Waals surface area contributed by atoms with Gasteiger partial charge in [-0.2, -0.15) is 0 Å². The second-order valence-electron chi connectivity index (χ2n) is 9.02. The molecule has 0 saturated carbocycles.